The summed E-state index contributed by atoms with van der Waals surface area (Å²) in [5.74, 6) is -1.76. The van der Waals surface area contributed by atoms with Gasteiger partial charge in [-0.25, -0.2) is 9.59 Å². The molecule has 15 heteroatoms. The highest BCUT2D eigenvalue weighted by Gasteiger charge is 2.34. The summed E-state index contributed by atoms with van der Waals surface area (Å²) in [6.45, 7) is 8.75. The van der Waals surface area contributed by atoms with Crippen LogP contribution in [0.4, 0.5) is 0 Å². The molecule has 0 radical (unpaired) electrons. The van der Waals surface area contributed by atoms with Crippen LogP contribution in [0.15, 0.2) is 92.0 Å². The topological polar surface area (TPSA) is 193 Å². The van der Waals surface area contributed by atoms with Gasteiger partial charge in [0.15, 0.2) is 6.29 Å². The Morgan fingerprint density at radius 1 is 0.403 bits per heavy atom. The quantitative estimate of drug-likeness (QED) is 0.0194. The van der Waals surface area contributed by atoms with Gasteiger partial charge in [-0.3, -0.25) is 24.0 Å². The molecule has 3 aromatic carbocycles. The monoisotopic (exact) mass is 994 g/mol. The van der Waals surface area contributed by atoms with Crippen LogP contribution in [0, 0.1) is 23.7 Å². The van der Waals surface area contributed by atoms with Gasteiger partial charge in [-0.1, -0.05) is 64.5 Å². The van der Waals surface area contributed by atoms with Gasteiger partial charge in [-0.2, -0.15) is 0 Å². The third kappa shape index (κ3) is 20.2. The van der Waals surface area contributed by atoms with E-state index in [0.29, 0.717) is 107 Å². The van der Waals surface area contributed by atoms with E-state index in [1.54, 1.807) is 48.5 Å². The number of rotatable bonds is 31. The van der Waals surface area contributed by atoms with Crippen molar-refractivity contribution < 1.29 is 71.5 Å². The Bertz CT molecular complexity index is 2220. The highest BCUT2D eigenvalue weighted by Crippen LogP contribution is 2.35. The van der Waals surface area contributed by atoms with Crippen LogP contribution in [0.5, 0.6) is 34.5 Å². The van der Waals surface area contributed by atoms with E-state index in [0.717, 1.165) is 77.0 Å². The van der Waals surface area contributed by atoms with Crippen LogP contribution in [0.25, 0.3) is 0 Å². The lowest BCUT2D eigenvalue weighted by Crippen LogP contribution is -2.30. The fourth-order valence-electron chi connectivity index (χ4n) is 8.57. The summed E-state index contributed by atoms with van der Waals surface area (Å²) in [6, 6.07) is 18.1. The van der Waals surface area contributed by atoms with Crippen LogP contribution >= 0.6 is 0 Å². The van der Waals surface area contributed by atoms with Gasteiger partial charge in [0.05, 0.1) is 55.7 Å². The van der Waals surface area contributed by atoms with Crippen molar-refractivity contribution in [1.29, 1.82) is 0 Å². The van der Waals surface area contributed by atoms with Crippen molar-refractivity contribution in [3.8, 4) is 34.5 Å². The maximum absolute atomic E-state index is 13.2. The van der Waals surface area contributed by atoms with Crippen molar-refractivity contribution in [3.63, 3.8) is 0 Å². The summed E-state index contributed by atoms with van der Waals surface area (Å²) >= 11 is 0. The van der Waals surface area contributed by atoms with Gasteiger partial charge in [-0.15, -0.1) is 0 Å². The van der Waals surface area contributed by atoms with E-state index >= 15 is 0 Å². The second-order valence-corrected chi connectivity index (χ2v) is 18.2. The molecule has 0 atom stereocenters. The molecule has 0 amide bonds. The molecule has 0 spiro atoms. The minimum atomic E-state index is -0.510. The molecule has 0 aliphatic heterocycles. The van der Waals surface area contributed by atoms with Gasteiger partial charge in [0, 0.05) is 12.2 Å². The molecule has 0 unspecified atom stereocenters. The average molecular weight is 995 g/mol. The number of hydrogen-bond donors (Lipinski definition) is 0. The first-order valence-corrected chi connectivity index (χ1v) is 25.5. The third-order valence-corrected chi connectivity index (χ3v) is 12.8. The highest BCUT2D eigenvalue weighted by atomic mass is 16.6. The number of carbonyl (C=O) groups is 7. The standard InChI is InChI=1S/C57H70O15/c1-3-52(59)67-37-15-11-7-5-9-13-35-65-46-25-29-48(30-26-46)69-54(61)41-17-19-43(20-18-41)56(63)71-50-33-34-51(45(39-50)40-58)72-57(64)44-23-21-42(22-24-44)55(62)70-49-31-27-47(28-32-49)66-36-14-10-6-8-12-16-38-68-53(60)4-2/h3-4,25-34,39-44H,1-2,5-24,35-38H2/t41?,42-,43?,44-. The fraction of sp³-hybridized carbons (Fsp3) is 0.491. The molecule has 5 rings (SSSR count). The van der Waals surface area contributed by atoms with Gasteiger partial charge >= 0.3 is 35.8 Å². The summed E-state index contributed by atoms with van der Waals surface area (Å²) in [6.07, 6.45) is 18.2. The highest BCUT2D eigenvalue weighted by molar-refractivity contribution is 5.85. The summed E-state index contributed by atoms with van der Waals surface area (Å²) in [4.78, 5) is 86.5. The molecule has 2 fully saturated rings. The smallest absolute Gasteiger partial charge is 0.330 e. The van der Waals surface area contributed by atoms with Crippen molar-refractivity contribution in [3.05, 3.63) is 97.6 Å². The van der Waals surface area contributed by atoms with E-state index in [-0.39, 0.29) is 52.8 Å². The van der Waals surface area contributed by atoms with Crippen LogP contribution in [0.3, 0.4) is 0 Å². The molecule has 0 aromatic heterocycles. The van der Waals surface area contributed by atoms with Crippen molar-refractivity contribution in [2.24, 2.45) is 23.7 Å². The van der Waals surface area contributed by atoms with E-state index in [1.165, 1.54) is 30.4 Å². The molecule has 2 saturated carbocycles. The summed E-state index contributed by atoms with van der Waals surface area (Å²) < 4.78 is 44.2. The first kappa shape index (κ1) is 56.1. The van der Waals surface area contributed by atoms with Crippen LogP contribution in [0.1, 0.15) is 139 Å². The van der Waals surface area contributed by atoms with Crippen molar-refractivity contribution in [1.82, 2.24) is 0 Å². The van der Waals surface area contributed by atoms with E-state index < -0.39 is 23.8 Å². The normalized spacial score (nSPS) is 17.3. The van der Waals surface area contributed by atoms with Crippen LogP contribution < -0.4 is 28.4 Å². The third-order valence-electron chi connectivity index (χ3n) is 12.8. The van der Waals surface area contributed by atoms with Crippen molar-refractivity contribution in [2.45, 2.75) is 128 Å². The van der Waals surface area contributed by atoms with Gasteiger partial charge in [0.2, 0.25) is 0 Å². The average Bonchev–Trinajstić information content (AvgIpc) is 3.40. The lowest BCUT2D eigenvalue weighted by molar-refractivity contribution is -0.145. The maximum Gasteiger partial charge on any atom is 0.330 e. The fourth-order valence-corrected chi connectivity index (χ4v) is 8.57. The zero-order valence-corrected chi connectivity index (χ0v) is 41.4. The molecule has 0 heterocycles. The van der Waals surface area contributed by atoms with Gasteiger partial charge in [0.1, 0.15) is 34.5 Å². The van der Waals surface area contributed by atoms with Crippen molar-refractivity contribution >= 4 is 42.1 Å². The molecule has 0 N–H and O–H groups in total. The molecular weight excluding hydrogens is 925 g/mol. The number of unbranched alkanes of at least 4 members (excludes halogenated alkanes) is 10. The van der Waals surface area contributed by atoms with Crippen molar-refractivity contribution in [2.75, 3.05) is 26.4 Å². The predicted octanol–water partition coefficient (Wildman–Crippen LogP) is 11.0. The molecular formula is C57H70O15. The minimum absolute atomic E-state index is 0.0453. The Kier molecular flexibility index (Phi) is 24.6. The predicted molar refractivity (Wildman–Crippen MR) is 267 cm³/mol. The summed E-state index contributed by atoms with van der Waals surface area (Å²) in [5, 5.41) is 0. The molecule has 2 aliphatic rings. The first-order valence-electron chi connectivity index (χ1n) is 25.5. The van der Waals surface area contributed by atoms with Crippen LogP contribution in [0.2, 0.25) is 0 Å². The molecule has 388 valence electrons. The number of carbonyl (C=O) groups excluding carboxylic acids is 7. The Labute approximate surface area is 422 Å². The number of aldehydes is 1. The molecule has 15 nitrogen and oxygen atoms in total. The molecule has 72 heavy (non-hydrogen) atoms. The van der Waals surface area contributed by atoms with E-state index in [9.17, 15) is 33.6 Å². The Morgan fingerprint density at radius 2 is 0.708 bits per heavy atom. The maximum atomic E-state index is 13.2. The Hall–Kier alpha value is -6.77. The number of esters is 6. The largest absolute Gasteiger partial charge is 0.494 e. The Morgan fingerprint density at radius 3 is 1.07 bits per heavy atom. The lowest BCUT2D eigenvalue weighted by atomic mass is 9.82. The Balaban J connectivity index is 0.924. The number of ether oxygens (including phenoxy) is 8. The number of benzene rings is 3. The molecule has 3 aromatic rings. The number of hydrogen-bond acceptors (Lipinski definition) is 15. The summed E-state index contributed by atoms with van der Waals surface area (Å²) in [5.41, 5.74) is 0.0488. The van der Waals surface area contributed by atoms with Crippen LogP contribution in [-0.4, -0.2) is 68.5 Å². The molecule has 2 aliphatic carbocycles. The molecule has 0 bridgehead atoms. The van der Waals surface area contributed by atoms with E-state index in [1.807, 2.05) is 0 Å². The SMILES string of the molecule is C=CC(=O)OCCCCCCCCOc1ccc(OC(=O)C2CCC(C(=O)Oc3ccc(OC(=O)[C@H]4CC[C@H](C(=O)Oc5ccc(OCCCCCCCCOC(=O)C=C)cc5)CC4)c(C=O)c3)CC2)cc1. The second-order valence-electron chi connectivity index (χ2n) is 18.2. The van der Waals surface area contributed by atoms with Gasteiger partial charge < -0.3 is 37.9 Å². The van der Waals surface area contributed by atoms with E-state index in [4.69, 9.17) is 37.9 Å². The van der Waals surface area contributed by atoms with Gasteiger partial charge in [0.25, 0.3) is 0 Å². The lowest BCUT2D eigenvalue weighted by Gasteiger charge is -2.26. The van der Waals surface area contributed by atoms with Crippen LogP contribution in [-0.2, 0) is 38.2 Å². The summed E-state index contributed by atoms with van der Waals surface area (Å²) in [7, 11) is 0. The molecule has 0 saturated heterocycles. The zero-order valence-electron chi connectivity index (χ0n) is 41.4. The van der Waals surface area contributed by atoms with Gasteiger partial charge in [-0.05, 0) is 144 Å². The van der Waals surface area contributed by atoms with E-state index in [2.05, 4.69) is 13.2 Å². The minimum Gasteiger partial charge on any atom is -0.494 e. The zero-order chi connectivity index (χ0) is 51.3. The first-order chi connectivity index (χ1) is 35.0. The second kappa shape index (κ2) is 31.5.